The standard InChI is InChI=1S/C15H14O4/c1-17-14-8-6-11(10-15(14)18-2)5-7-12(16)13-4-3-9-19-13/h3-10H,1-2H3/b7-5+. The second-order valence-corrected chi connectivity index (χ2v) is 3.79. The summed E-state index contributed by atoms with van der Waals surface area (Å²) in [5.74, 6) is 1.41. The molecule has 0 amide bonds. The molecule has 0 spiro atoms. The van der Waals surface area contributed by atoms with Gasteiger partial charge in [-0.1, -0.05) is 12.1 Å². The molecule has 2 rings (SSSR count). The smallest absolute Gasteiger partial charge is 0.221 e. The summed E-state index contributed by atoms with van der Waals surface area (Å²) in [5, 5.41) is 0. The lowest BCUT2D eigenvalue weighted by Crippen LogP contribution is -1.92. The molecule has 4 nitrogen and oxygen atoms in total. The Morgan fingerprint density at radius 2 is 1.95 bits per heavy atom. The topological polar surface area (TPSA) is 48.7 Å². The molecule has 19 heavy (non-hydrogen) atoms. The van der Waals surface area contributed by atoms with E-state index in [4.69, 9.17) is 13.9 Å². The number of rotatable bonds is 5. The van der Waals surface area contributed by atoms with Crippen molar-refractivity contribution in [3.63, 3.8) is 0 Å². The fourth-order valence-electron chi connectivity index (χ4n) is 1.63. The highest BCUT2D eigenvalue weighted by Crippen LogP contribution is 2.28. The summed E-state index contributed by atoms with van der Waals surface area (Å²) in [5.41, 5.74) is 0.845. The Morgan fingerprint density at radius 1 is 1.16 bits per heavy atom. The maximum absolute atomic E-state index is 11.7. The molecule has 0 atom stereocenters. The zero-order chi connectivity index (χ0) is 13.7. The normalized spacial score (nSPS) is 10.6. The molecule has 98 valence electrons. The van der Waals surface area contributed by atoms with Crippen LogP contribution in [0.4, 0.5) is 0 Å². The van der Waals surface area contributed by atoms with Crippen LogP contribution in [0, 0.1) is 0 Å². The summed E-state index contributed by atoms with van der Waals surface area (Å²) >= 11 is 0. The summed E-state index contributed by atoms with van der Waals surface area (Å²) < 4.78 is 15.4. The second kappa shape index (κ2) is 5.91. The van der Waals surface area contributed by atoms with Crippen LogP contribution >= 0.6 is 0 Å². The second-order valence-electron chi connectivity index (χ2n) is 3.79. The van der Waals surface area contributed by atoms with Crippen LogP contribution in [0.1, 0.15) is 16.1 Å². The first-order valence-corrected chi connectivity index (χ1v) is 5.72. The van der Waals surface area contributed by atoms with Crippen molar-refractivity contribution >= 4 is 11.9 Å². The number of carbonyl (C=O) groups is 1. The van der Waals surface area contributed by atoms with Crippen LogP contribution < -0.4 is 9.47 Å². The molecule has 0 bridgehead atoms. The van der Waals surface area contributed by atoms with Gasteiger partial charge in [0.25, 0.3) is 0 Å². The first kappa shape index (κ1) is 13.0. The Morgan fingerprint density at radius 3 is 2.58 bits per heavy atom. The zero-order valence-corrected chi connectivity index (χ0v) is 10.8. The van der Waals surface area contributed by atoms with Crippen molar-refractivity contribution in [2.24, 2.45) is 0 Å². The maximum atomic E-state index is 11.7. The highest BCUT2D eigenvalue weighted by Gasteiger charge is 2.05. The summed E-state index contributed by atoms with van der Waals surface area (Å²) in [6.07, 6.45) is 4.63. The van der Waals surface area contributed by atoms with Gasteiger partial charge in [0.2, 0.25) is 5.78 Å². The largest absolute Gasteiger partial charge is 0.493 e. The number of ether oxygens (including phenoxy) is 2. The highest BCUT2D eigenvalue weighted by molar-refractivity contribution is 6.04. The van der Waals surface area contributed by atoms with E-state index in [-0.39, 0.29) is 5.78 Å². The molecule has 0 radical (unpaired) electrons. The number of carbonyl (C=O) groups excluding carboxylic acids is 1. The van der Waals surface area contributed by atoms with Crippen LogP contribution in [0.2, 0.25) is 0 Å². The minimum Gasteiger partial charge on any atom is -0.493 e. The van der Waals surface area contributed by atoms with Gasteiger partial charge >= 0.3 is 0 Å². The fourth-order valence-corrected chi connectivity index (χ4v) is 1.63. The molecule has 0 unspecified atom stereocenters. The minimum absolute atomic E-state index is 0.181. The lowest BCUT2D eigenvalue weighted by atomic mass is 10.1. The minimum atomic E-state index is -0.181. The van der Waals surface area contributed by atoms with Crippen molar-refractivity contribution in [1.82, 2.24) is 0 Å². The number of benzene rings is 1. The SMILES string of the molecule is COc1ccc(/C=C/C(=O)c2ccco2)cc1OC. The molecule has 0 fully saturated rings. The van der Waals surface area contributed by atoms with Crippen molar-refractivity contribution in [2.75, 3.05) is 14.2 Å². The van der Waals surface area contributed by atoms with Gasteiger partial charge in [-0.3, -0.25) is 4.79 Å². The van der Waals surface area contributed by atoms with Gasteiger partial charge in [0.15, 0.2) is 17.3 Å². The van der Waals surface area contributed by atoms with E-state index in [2.05, 4.69) is 0 Å². The Bertz CT molecular complexity index is 582. The van der Waals surface area contributed by atoms with Gasteiger partial charge in [0.1, 0.15) is 0 Å². The molecular formula is C15H14O4. The molecule has 0 N–H and O–H groups in total. The van der Waals surface area contributed by atoms with Crippen molar-refractivity contribution in [1.29, 1.82) is 0 Å². The van der Waals surface area contributed by atoms with Crippen molar-refractivity contribution in [3.8, 4) is 11.5 Å². The molecular weight excluding hydrogens is 244 g/mol. The summed E-state index contributed by atoms with van der Waals surface area (Å²) in [6.45, 7) is 0. The third-order valence-electron chi connectivity index (χ3n) is 2.60. The Hall–Kier alpha value is -2.49. The number of methoxy groups -OCH3 is 2. The zero-order valence-electron chi connectivity index (χ0n) is 10.8. The lowest BCUT2D eigenvalue weighted by Gasteiger charge is -2.07. The van der Waals surface area contributed by atoms with Gasteiger partial charge in [0, 0.05) is 0 Å². The van der Waals surface area contributed by atoms with Gasteiger partial charge in [0.05, 0.1) is 20.5 Å². The van der Waals surface area contributed by atoms with Crippen LogP contribution in [-0.4, -0.2) is 20.0 Å². The molecule has 0 aliphatic rings. The fraction of sp³-hybridized carbons (Fsp3) is 0.133. The van der Waals surface area contributed by atoms with Crippen molar-refractivity contribution in [2.45, 2.75) is 0 Å². The summed E-state index contributed by atoms with van der Waals surface area (Å²) in [6, 6.07) is 8.73. The van der Waals surface area contributed by atoms with Gasteiger partial charge in [-0.2, -0.15) is 0 Å². The van der Waals surface area contributed by atoms with Crippen LogP contribution in [0.15, 0.2) is 47.1 Å². The van der Waals surface area contributed by atoms with Crippen LogP contribution in [0.3, 0.4) is 0 Å². The van der Waals surface area contributed by atoms with E-state index in [1.165, 1.54) is 12.3 Å². The Kier molecular flexibility index (Phi) is 4.03. The molecule has 2 aromatic rings. The average Bonchev–Trinajstić information content (AvgIpc) is 2.98. The number of ketones is 1. The Labute approximate surface area is 111 Å². The van der Waals surface area contributed by atoms with E-state index in [9.17, 15) is 4.79 Å². The summed E-state index contributed by atoms with van der Waals surface area (Å²) in [4.78, 5) is 11.7. The number of allylic oxidation sites excluding steroid dienone is 1. The lowest BCUT2D eigenvalue weighted by molar-refractivity contribution is 0.102. The molecule has 1 heterocycles. The number of hydrogen-bond donors (Lipinski definition) is 0. The number of furan rings is 1. The molecule has 1 aromatic heterocycles. The van der Waals surface area contributed by atoms with Gasteiger partial charge in [-0.15, -0.1) is 0 Å². The predicted octanol–water partition coefficient (Wildman–Crippen LogP) is 3.19. The van der Waals surface area contributed by atoms with Gasteiger partial charge < -0.3 is 13.9 Å². The van der Waals surface area contributed by atoms with E-state index < -0.39 is 0 Å². The van der Waals surface area contributed by atoms with Crippen LogP contribution in [0.5, 0.6) is 11.5 Å². The quantitative estimate of drug-likeness (QED) is 0.610. The third-order valence-corrected chi connectivity index (χ3v) is 2.60. The van der Waals surface area contributed by atoms with Crippen molar-refractivity contribution in [3.05, 3.63) is 54.0 Å². The first-order valence-electron chi connectivity index (χ1n) is 5.72. The van der Waals surface area contributed by atoms with Crippen LogP contribution in [0.25, 0.3) is 6.08 Å². The summed E-state index contributed by atoms with van der Waals surface area (Å²) in [7, 11) is 3.15. The Balaban J connectivity index is 2.17. The highest BCUT2D eigenvalue weighted by atomic mass is 16.5. The molecule has 0 aliphatic carbocycles. The monoisotopic (exact) mass is 258 g/mol. The van der Waals surface area contributed by atoms with E-state index in [1.54, 1.807) is 44.6 Å². The van der Waals surface area contributed by atoms with E-state index in [0.29, 0.717) is 17.3 Å². The molecule has 0 saturated carbocycles. The number of hydrogen-bond acceptors (Lipinski definition) is 4. The average molecular weight is 258 g/mol. The molecule has 4 heteroatoms. The maximum Gasteiger partial charge on any atom is 0.221 e. The first-order chi connectivity index (χ1) is 9.24. The van der Waals surface area contributed by atoms with Gasteiger partial charge in [-0.25, -0.2) is 0 Å². The third kappa shape index (κ3) is 3.04. The molecule has 1 aromatic carbocycles. The van der Waals surface area contributed by atoms with E-state index in [1.807, 2.05) is 6.07 Å². The van der Waals surface area contributed by atoms with Gasteiger partial charge in [-0.05, 0) is 35.9 Å². The van der Waals surface area contributed by atoms with Crippen molar-refractivity contribution < 1.29 is 18.7 Å². The van der Waals surface area contributed by atoms with E-state index >= 15 is 0 Å². The van der Waals surface area contributed by atoms with Crippen LogP contribution in [-0.2, 0) is 0 Å². The molecule has 0 saturated heterocycles. The molecule has 0 aliphatic heterocycles. The van der Waals surface area contributed by atoms with E-state index in [0.717, 1.165) is 5.56 Å². The predicted molar refractivity (Wildman–Crippen MR) is 71.6 cm³/mol.